The Morgan fingerprint density at radius 1 is 1.15 bits per heavy atom. The van der Waals surface area contributed by atoms with Crippen molar-refractivity contribution in [3.63, 3.8) is 0 Å². The van der Waals surface area contributed by atoms with Gasteiger partial charge in [0.1, 0.15) is 0 Å². The molecule has 2 bridgehead atoms. The van der Waals surface area contributed by atoms with E-state index in [1.165, 1.54) is 58.4 Å². The normalized spacial score (nSPS) is 32.0. The zero-order valence-corrected chi connectivity index (χ0v) is 15.9. The fourth-order valence-corrected chi connectivity index (χ4v) is 5.32. The van der Waals surface area contributed by atoms with Crippen LogP contribution in [0.1, 0.15) is 36.0 Å². The molecule has 4 fully saturated rings. The first-order valence-electron chi connectivity index (χ1n) is 10.4. The van der Waals surface area contributed by atoms with Gasteiger partial charge in [0.05, 0.1) is 0 Å². The number of fused-ring (bicyclic) bond motifs is 4. The average molecular weight is 371 g/mol. The standard InChI is InChI=1S/C21H29N3O3/c25-21(16-3-4-19-20(10-16)27-14-26-19)22-11-18-9-15-5-8-24(18)13-17(15)12-23-6-1-2-7-23/h3-4,10,15,17-18H,1-2,5-9,11-14H2,(H,22,25)/t15-,17+,18+/m1/s1. The highest BCUT2D eigenvalue weighted by Crippen LogP contribution is 2.37. The molecule has 6 heteroatoms. The SMILES string of the molecule is O=C(NC[C@@H]1C[C@H]2CCN1C[C@@H]2CN1CCCC1)c1ccc2c(c1)OCO2. The molecule has 0 spiro atoms. The Morgan fingerprint density at radius 3 is 2.81 bits per heavy atom. The van der Waals surface area contributed by atoms with E-state index in [-0.39, 0.29) is 12.7 Å². The van der Waals surface area contributed by atoms with Crippen molar-refractivity contribution in [3.8, 4) is 11.5 Å². The lowest BCUT2D eigenvalue weighted by atomic mass is 9.75. The van der Waals surface area contributed by atoms with E-state index in [1.807, 2.05) is 12.1 Å². The van der Waals surface area contributed by atoms with Gasteiger partial charge in [0.25, 0.3) is 5.91 Å². The van der Waals surface area contributed by atoms with Gasteiger partial charge in [-0.3, -0.25) is 9.69 Å². The molecule has 0 aromatic heterocycles. The van der Waals surface area contributed by atoms with Crippen molar-refractivity contribution in [2.24, 2.45) is 11.8 Å². The van der Waals surface area contributed by atoms with Crippen LogP contribution < -0.4 is 14.8 Å². The maximum atomic E-state index is 12.6. The van der Waals surface area contributed by atoms with Gasteiger partial charge in [-0.15, -0.1) is 0 Å². The van der Waals surface area contributed by atoms with Crippen LogP contribution in [-0.4, -0.2) is 67.8 Å². The minimum atomic E-state index is -0.0236. The molecule has 146 valence electrons. The third-order valence-electron chi connectivity index (χ3n) is 6.84. The number of carbonyl (C=O) groups is 1. The Bertz CT molecular complexity index is 704. The molecule has 4 saturated heterocycles. The zero-order valence-electron chi connectivity index (χ0n) is 15.9. The number of ether oxygens (including phenoxy) is 2. The summed E-state index contributed by atoms with van der Waals surface area (Å²) in [5.41, 5.74) is 0.641. The Labute approximate surface area is 160 Å². The number of carbonyl (C=O) groups excluding carboxylic acids is 1. The van der Waals surface area contributed by atoms with Crippen molar-refractivity contribution in [2.75, 3.05) is 46.1 Å². The molecule has 6 nitrogen and oxygen atoms in total. The summed E-state index contributed by atoms with van der Waals surface area (Å²) in [4.78, 5) is 17.8. The number of amides is 1. The molecular weight excluding hydrogens is 342 g/mol. The molecular formula is C21H29N3O3. The Balaban J connectivity index is 1.15. The van der Waals surface area contributed by atoms with Crippen LogP contribution in [0.4, 0.5) is 0 Å². The quantitative estimate of drug-likeness (QED) is 0.857. The van der Waals surface area contributed by atoms with Crippen molar-refractivity contribution >= 4 is 5.91 Å². The van der Waals surface area contributed by atoms with E-state index < -0.39 is 0 Å². The lowest BCUT2D eigenvalue weighted by Crippen LogP contribution is -2.58. The second-order valence-corrected chi connectivity index (χ2v) is 8.48. The summed E-state index contributed by atoms with van der Waals surface area (Å²) in [5, 5.41) is 3.15. The number of piperidine rings is 3. The van der Waals surface area contributed by atoms with Crippen LogP contribution in [0.5, 0.6) is 11.5 Å². The highest BCUT2D eigenvalue weighted by Gasteiger charge is 2.40. The van der Waals surface area contributed by atoms with Gasteiger partial charge in [-0.25, -0.2) is 0 Å². The Kier molecular flexibility index (Phi) is 4.70. The summed E-state index contributed by atoms with van der Waals surface area (Å²) < 4.78 is 10.7. The predicted octanol–water partition coefficient (Wildman–Crippen LogP) is 1.95. The van der Waals surface area contributed by atoms with Gasteiger partial charge in [-0.05, 0) is 75.4 Å². The molecule has 27 heavy (non-hydrogen) atoms. The van der Waals surface area contributed by atoms with Crippen molar-refractivity contribution in [2.45, 2.75) is 31.7 Å². The fraction of sp³-hybridized carbons (Fsp3) is 0.667. The summed E-state index contributed by atoms with van der Waals surface area (Å²) in [7, 11) is 0. The molecule has 6 rings (SSSR count). The number of likely N-dealkylation sites (tertiary alicyclic amines) is 1. The molecule has 0 radical (unpaired) electrons. The topological polar surface area (TPSA) is 54.0 Å². The molecule has 1 aromatic carbocycles. The molecule has 1 amide bonds. The van der Waals surface area contributed by atoms with Crippen LogP contribution >= 0.6 is 0 Å². The van der Waals surface area contributed by atoms with Gasteiger partial charge in [-0.2, -0.15) is 0 Å². The minimum Gasteiger partial charge on any atom is -0.454 e. The third kappa shape index (κ3) is 3.52. The largest absolute Gasteiger partial charge is 0.454 e. The van der Waals surface area contributed by atoms with E-state index >= 15 is 0 Å². The second kappa shape index (κ2) is 7.32. The van der Waals surface area contributed by atoms with Gasteiger partial charge in [0, 0.05) is 31.2 Å². The van der Waals surface area contributed by atoms with Crippen molar-refractivity contribution in [3.05, 3.63) is 23.8 Å². The maximum Gasteiger partial charge on any atom is 0.251 e. The lowest BCUT2D eigenvalue weighted by Gasteiger charge is -2.50. The number of rotatable bonds is 5. The molecule has 5 aliphatic heterocycles. The summed E-state index contributed by atoms with van der Waals surface area (Å²) >= 11 is 0. The fourth-order valence-electron chi connectivity index (χ4n) is 5.32. The first-order chi connectivity index (χ1) is 13.3. The van der Waals surface area contributed by atoms with Crippen LogP contribution in [0.15, 0.2) is 18.2 Å². The summed E-state index contributed by atoms with van der Waals surface area (Å²) in [6.07, 6.45) is 5.29. The molecule has 5 aliphatic rings. The van der Waals surface area contributed by atoms with Crippen molar-refractivity contribution in [1.29, 1.82) is 0 Å². The van der Waals surface area contributed by atoms with Gasteiger partial charge in [-0.1, -0.05) is 0 Å². The van der Waals surface area contributed by atoms with E-state index in [4.69, 9.17) is 9.47 Å². The van der Waals surface area contributed by atoms with Crippen LogP contribution in [0.25, 0.3) is 0 Å². The number of hydrogen-bond acceptors (Lipinski definition) is 5. The highest BCUT2D eigenvalue weighted by atomic mass is 16.7. The van der Waals surface area contributed by atoms with Gasteiger partial charge < -0.3 is 19.7 Å². The highest BCUT2D eigenvalue weighted by molar-refractivity contribution is 5.94. The van der Waals surface area contributed by atoms with Crippen molar-refractivity contribution in [1.82, 2.24) is 15.1 Å². The van der Waals surface area contributed by atoms with Crippen LogP contribution in [0, 0.1) is 11.8 Å². The van der Waals surface area contributed by atoms with E-state index in [0.717, 1.165) is 18.4 Å². The minimum absolute atomic E-state index is 0.0236. The summed E-state index contributed by atoms with van der Waals surface area (Å²) in [6.45, 7) is 7.21. The summed E-state index contributed by atoms with van der Waals surface area (Å²) in [6, 6.07) is 5.88. The second-order valence-electron chi connectivity index (χ2n) is 8.48. The van der Waals surface area contributed by atoms with Crippen LogP contribution in [0.3, 0.4) is 0 Å². The lowest BCUT2D eigenvalue weighted by molar-refractivity contribution is -0.00905. The molecule has 4 atom stereocenters. The first kappa shape index (κ1) is 17.3. The molecule has 5 heterocycles. The van der Waals surface area contributed by atoms with Crippen molar-refractivity contribution < 1.29 is 14.3 Å². The van der Waals surface area contributed by atoms with E-state index in [0.29, 0.717) is 23.1 Å². The monoisotopic (exact) mass is 371 g/mol. The number of benzene rings is 1. The molecule has 1 unspecified atom stereocenters. The van der Waals surface area contributed by atoms with Gasteiger partial charge in [0.2, 0.25) is 6.79 Å². The maximum absolute atomic E-state index is 12.6. The average Bonchev–Trinajstić information content (AvgIpc) is 3.38. The van der Waals surface area contributed by atoms with Crippen LogP contribution in [0.2, 0.25) is 0 Å². The molecule has 0 aliphatic carbocycles. The zero-order chi connectivity index (χ0) is 18.2. The number of nitrogens with zero attached hydrogens (tertiary/aromatic N) is 2. The number of nitrogens with one attached hydrogen (secondary N) is 1. The van der Waals surface area contributed by atoms with E-state index in [1.54, 1.807) is 6.07 Å². The predicted molar refractivity (Wildman–Crippen MR) is 102 cm³/mol. The smallest absolute Gasteiger partial charge is 0.251 e. The summed E-state index contributed by atoms with van der Waals surface area (Å²) in [5.74, 6) is 2.99. The molecule has 0 saturated carbocycles. The third-order valence-corrected chi connectivity index (χ3v) is 6.84. The number of hydrogen-bond donors (Lipinski definition) is 1. The first-order valence-corrected chi connectivity index (χ1v) is 10.4. The van der Waals surface area contributed by atoms with E-state index in [2.05, 4.69) is 15.1 Å². The van der Waals surface area contributed by atoms with Gasteiger partial charge >= 0.3 is 0 Å². The van der Waals surface area contributed by atoms with E-state index in [9.17, 15) is 4.79 Å². The Morgan fingerprint density at radius 2 is 2.00 bits per heavy atom. The van der Waals surface area contributed by atoms with Gasteiger partial charge in [0.15, 0.2) is 11.5 Å². The Hall–Kier alpha value is -1.79. The van der Waals surface area contributed by atoms with Crippen LogP contribution in [-0.2, 0) is 0 Å². The molecule has 1 N–H and O–H groups in total. The molecule has 1 aromatic rings.